The molecule has 0 radical (unpaired) electrons. The Kier molecular flexibility index (Phi) is 8.53. The second kappa shape index (κ2) is 9.38. The van der Waals surface area contributed by atoms with Crippen molar-refractivity contribution >= 4 is 40.0 Å². The highest BCUT2D eigenvalue weighted by Gasteiger charge is 2.41. The van der Waals surface area contributed by atoms with Crippen molar-refractivity contribution in [3.8, 4) is 0 Å². The van der Waals surface area contributed by atoms with Crippen LogP contribution in [0.15, 0.2) is 4.99 Å². The van der Waals surface area contributed by atoms with Gasteiger partial charge in [-0.25, -0.2) is 12.7 Å². The number of sulfonamides is 1. The van der Waals surface area contributed by atoms with Crippen LogP contribution in [0.4, 0.5) is 0 Å². The van der Waals surface area contributed by atoms with Crippen LogP contribution in [0.1, 0.15) is 32.6 Å². The van der Waals surface area contributed by atoms with Crippen molar-refractivity contribution < 1.29 is 13.2 Å². The summed E-state index contributed by atoms with van der Waals surface area (Å²) < 4.78 is 30.3. The first kappa shape index (κ1) is 20.9. The number of rotatable bonds is 7. The average molecular weight is 460 g/mol. The number of guanidine groups is 1. The van der Waals surface area contributed by atoms with E-state index in [9.17, 15) is 8.42 Å². The predicted octanol–water partition coefficient (Wildman–Crippen LogP) is 0.761. The van der Waals surface area contributed by atoms with Crippen LogP contribution in [0.25, 0.3) is 0 Å². The normalized spacial score (nSPS) is 27.1. The van der Waals surface area contributed by atoms with Gasteiger partial charge in [-0.2, -0.15) is 0 Å². The van der Waals surface area contributed by atoms with E-state index in [0.29, 0.717) is 37.9 Å². The SMILES string of the molecule is CCN(CCCNC(=NC)NC1CC2CCC1O2)S(C)(=O)=O.I. The summed E-state index contributed by atoms with van der Waals surface area (Å²) in [5, 5.41) is 6.66. The van der Waals surface area contributed by atoms with Gasteiger partial charge in [0.15, 0.2) is 5.96 Å². The number of halogens is 1. The lowest BCUT2D eigenvalue weighted by Gasteiger charge is -2.23. The van der Waals surface area contributed by atoms with Gasteiger partial charge in [0.05, 0.1) is 24.5 Å². The standard InChI is InChI=1S/C14H28N4O3S.HI/c1-4-18(22(3,19)20)9-5-8-16-14(15-2)17-12-10-11-6-7-13(12)21-11;/h11-13H,4-10H2,1-3H3,(H2,15,16,17);1H. The van der Waals surface area contributed by atoms with Gasteiger partial charge in [0.2, 0.25) is 10.0 Å². The second-order valence-corrected chi connectivity index (χ2v) is 7.95. The largest absolute Gasteiger partial charge is 0.373 e. The van der Waals surface area contributed by atoms with Crippen molar-refractivity contribution in [3.63, 3.8) is 0 Å². The Morgan fingerprint density at radius 2 is 2.13 bits per heavy atom. The van der Waals surface area contributed by atoms with Gasteiger partial charge in [0.1, 0.15) is 0 Å². The first-order chi connectivity index (χ1) is 10.4. The highest BCUT2D eigenvalue weighted by Crippen LogP contribution is 2.34. The van der Waals surface area contributed by atoms with Gasteiger partial charge in [0, 0.05) is 26.7 Å². The summed E-state index contributed by atoms with van der Waals surface area (Å²) in [7, 11) is -1.35. The van der Waals surface area contributed by atoms with Gasteiger partial charge in [-0.05, 0) is 25.7 Å². The van der Waals surface area contributed by atoms with Crippen molar-refractivity contribution in [2.45, 2.75) is 50.9 Å². The van der Waals surface area contributed by atoms with Crippen LogP contribution in [0.3, 0.4) is 0 Å². The lowest BCUT2D eigenvalue weighted by molar-refractivity contribution is 0.0992. The quantitative estimate of drug-likeness (QED) is 0.254. The fourth-order valence-electron chi connectivity index (χ4n) is 3.18. The summed E-state index contributed by atoms with van der Waals surface area (Å²) in [4.78, 5) is 4.23. The molecule has 0 aliphatic carbocycles. The van der Waals surface area contributed by atoms with Crippen LogP contribution in [-0.4, -0.2) is 69.9 Å². The molecule has 3 unspecified atom stereocenters. The Labute approximate surface area is 156 Å². The van der Waals surface area contributed by atoms with Crippen molar-refractivity contribution in [1.82, 2.24) is 14.9 Å². The Morgan fingerprint density at radius 3 is 2.61 bits per heavy atom. The van der Waals surface area contributed by atoms with Crippen molar-refractivity contribution in [2.24, 2.45) is 4.99 Å². The van der Waals surface area contributed by atoms with Crippen LogP contribution in [0, 0.1) is 0 Å². The first-order valence-corrected chi connectivity index (χ1v) is 9.86. The molecular weight excluding hydrogens is 431 g/mol. The molecule has 0 spiro atoms. The van der Waals surface area contributed by atoms with E-state index < -0.39 is 10.0 Å². The fraction of sp³-hybridized carbons (Fsp3) is 0.929. The molecule has 0 aromatic rings. The van der Waals surface area contributed by atoms with E-state index in [1.165, 1.54) is 17.0 Å². The Balaban J connectivity index is 0.00000264. The van der Waals surface area contributed by atoms with Gasteiger partial charge in [-0.1, -0.05) is 6.92 Å². The Hall–Kier alpha value is -0.130. The average Bonchev–Trinajstić information content (AvgIpc) is 3.07. The van der Waals surface area contributed by atoms with E-state index in [1.807, 2.05) is 6.92 Å². The third kappa shape index (κ3) is 6.02. The highest BCUT2D eigenvalue weighted by atomic mass is 127. The number of hydrogen-bond donors (Lipinski definition) is 2. The molecule has 2 aliphatic heterocycles. The highest BCUT2D eigenvalue weighted by molar-refractivity contribution is 14.0. The molecule has 0 saturated carbocycles. The summed E-state index contributed by atoms with van der Waals surface area (Å²) in [6, 6.07) is 0.341. The minimum Gasteiger partial charge on any atom is -0.373 e. The molecule has 2 saturated heterocycles. The van der Waals surface area contributed by atoms with Gasteiger partial charge >= 0.3 is 0 Å². The molecular formula is C14H29IN4O3S. The fourth-order valence-corrected chi connectivity index (χ4v) is 4.11. The minimum atomic E-state index is -3.10. The molecule has 7 nitrogen and oxygen atoms in total. The molecule has 0 aromatic heterocycles. The summed E-state index contributed by atoms with van der Waals surface area (Å²) in [5.41, 5.74) is 0. The molecule has 9 heteroatoms. The zero-order valence-electron chi connectivity index (χ0n) is 14.1. The molecule has 2 N–H and O–H groups in total. The molecule has 136 valence electrons. The summed E-state index contributed by atoms with van der Waals surface area (Å²) >= 11 is 0. The van der Waals surface area contributed by atoms with Gasteiger partial charge in [0.25, 0.3) is 0 Å². The maximum Gasteiger partial charge on any atom is 0.211 e. The molecule has 3 atom stereocenters. The molecule has 23 heavy (non-hydrogen) atoms. The molecule has 2 aliphatic rings. The van der Waals surface area contributed by atoms with Crippen LogP contribution >= 0.6 is 24.0 Å². The van der Waals surface area contributed by atoms with Crippen molar-refractivity contribution in [2.75, 3.05) is 32.9 Å². The van der Waals surface area contributed by atoms with Gasteiger partial charge in [-0.3, -0.25) is 4.99 Å². The molecule has 2 fully saturated rings. The maximum atomic E-state index is 11.5. The third-order valence-corrected chi connectivity index (χ3v) is 5.73. The third-order valence-electron chi connectivity index (χ3n) is 4.35. The number of hydrogen-bond acceptors (Lipinski definition) is 4. The van der Waals surface area contributed by atoms with Crippen LogP contribution in [0.2, 0.25) is 0 Å². The van der Waals surface area contributed by atoms with E-state index in [0.717, 1.165) is 25.2 Å². The van der Waals surface area contributed by atoms with Crippen molar-refractivity contribution in [1.29, 1.82) is 0 Å². The Morgan fingerprint density at radius 1 is 1.39 bits per heavy atom. The van der Waals surface area contributed by atoms with Crippen LogP contribution < -0.4 is 10.6 Å². The first-order valence-electron chi connectivity index (χ1n) is 8.01. The number of nitrogens with zero attached hydrogens (tertiary/aromatic N) is 2. The van der Waals surface area contributed by atoms with E-state index >= 15 is 0 Å². The topological polar surface area (TPSA) is 83.0 Å². The molecule has 0 amide bonds. The van der Waals surface area contributed by atoms with Crippen molar-refractivity contribution in [3.05, 3.63) is 0 Å². The molecule has 2 heterocycles. The molecule has 0 aromatic carbocycles. The number of aliphatic imine (C=N–C) groups is 1. The zero-order chi connectivity index (χ0) is 16.2. The minimum absolute atomic E-state index is 0. The number of fused-ring (bicyclic) bond motifs is 2. The number of nitrogens with one attached hydrogen (secondary N) is 2. The summed E-state index contributed by atoms with van der Waals surface area (Å²) in [5.74, 6) is 0.767. The maximum absolute atomic E-state index is 11.5. The Bertz CT molecular complexity index is 500. The van der Waals surface area contributed by atoms with E-state index in [2.05, 4.69) is 15.6 Å². The van der Waals surface area contributed by atoms with Crippen LogP contribution in [-0.2, 0) is 14.8 Å². The molecule has 2 bridgehead atoms. The lowest BCUT2D eigenvalue weighted by atomic mass is 9.96. The zero-order valence-corrected chi connectivity index (χ0v) is 17.3. The van der Waals surface area contributed by atoms with Gasteiger partial charge in [-0.15, -0.1) is 24.0 Å². The van der Waals surface area contributed by atoms with Gasteiger partial charge < -0.3 is 15.4 Å². The lowest BCUT2D eigenvalue weighted by Crippen LogP contribution is -2.47. The smallest absolute Gasteiger partial charge is 0.211 e. The molecule has 2 rings (SSSR count). The van der Waals surface area contributed by atoms with Crippen LogP contribution in [0.5, 0.6) is 0 Å². The second-order valence-electron chi connectivity index (χ2n) is 5.97. The predicted molar refractivity (Wildman–Crippen MR) is 103 cm³/mol. The number of ether oxygens (including phenoxy) is 1. The van der Waals surface area contributed by atoms with E-state index in [4.69, 9.17) is 4.74 Å². The van der Waals surface area contributed by atoms with E-state index in [-0.39, 0.29) is 24.0 Å². The summed E-state index contributed by atoms with van der Waals surface area (Å²) in [6.45, 7) is 3.57. The monoisotopic (exact) mass is 460 g/mol. The summed E-state index contributed by atoms with van der Waals surface area (Å²) in [6.07, 6.45) is 6.06. The van der Waals surface area contributed by atoms with E-state index in [1.54, 1.807) is 7.05 Å².